The zero-order valence-corrected chi connectivity index (χ0v) is 21.6. The van der Waals surface area contributed by atoms with Crippen molar-refractivity contribution in [2.24, 2.45) is 5.92 Å². The topological polar surface area (TPSA) is 129 Å². The predicted octanol–water partition coefficient (Wildman–Crippen LogP) is 2.13. The van der Waals surface area contributed by atoms with Crippen LogP contribution in [0.3, 0.4) is 0 Å². The van der Waals surface area contributed by atoms with E-state index in [-0.39, 0.29) is 0 Å². The molecular weight excluding hydrogens is 490 g/mol. The first-order valence-electron chi connectivity index (χ1n) is 13.5. The van der Waals surface area contributed by atoms with E-state index in [1.165, 1.54) is 0 Å². The van der Waals surface area contributed by atoms with E-state index in [9.17, 15) is 25.2 Å². The maximum Gasteiger partial charge on any atom is 0.335 e. The SMILES string of the molecule is CCCN1CCC[C@@H]2Cc3c(ccc(OCc4ccccc4)c3OC3O[C@H](C(=O)O)[C@@H](O)[C@H](O)[C@H]3O)C[C@H]21. The Morgan fingerprint density at radius 2 is 1.84 bits per heavy atom. The largest absolute Gasteiger partial charge is 0.485 e. The lowest BCUT2D eigenvalue weighted by Gasteiger charge is -2.45. The van der Waals surface area contributed by atoms with E-state index < -0.39 is 36.7 Å². The second kappa shape index (κ2) is 11.6. The molecule has 2 aromatic carbocycles. The third-order valence-corrected chi connectivity index (χ3v) is 8.05. The van der Waals surface area contributed by atoms with Gasteiger partial charge in [-0.15, -0.1) is 0 Å². The van der Waals surface area contributed by atoms with Crippen LogP contribution < -0.4 is 9.47 Å². The van der Waals surface area contributed by atoms with E-state index in [1.54, 1.807) is 0 Å². The van der Waals surface area contributed by atoms with Crippen molar-refractivity contribution in [3.63, 3.8) is 0 Å². The molecule has 2 saturated heterocycles. The Morgan fingerprint density at radius 3 is 2.58 bits per heavy atom. The van der Waals surface area contributed by atoms with Crippen LogP contribution >= 0.6 is 0 Å². The number of carboxylic acid groups (broad SMARTS) is 1. The molecule has 1 aliphatic carbocycles. The highest BCUT2D eigenvalue weighted by Crippen LogP contribution is 2.44. The molecular formula is C29H37NO8. The van der Waals surface area contributed by atoms with Gasteiger partial charge in [-0.1, -0.05) is 43.3 Å². The van der Waals surface area contributed by atoms with Crippen molar-refractivity contribution in [3.05, 3.63) is 59.2 Å². The van der Waals surface area contributed by atoms with Crippen LogP contribution in [0.15, 0.2) is 42.5 Å². The average Bonchev–Trinajstić information content (AvgIpc) is 2.92. The van der Waals surface area contributed by atoms with Crippen LogP contribution in [0.25, 0.3) is 0 Å². The number of piperidine rings is 1. The number of hydrogen-bond acceptors (Lipinski definition) is 8. The second-order valence-corrected chi connectivity index (χ2v) is 10.6. The van der Waals surface area contributed by atoms with Gasteiger partial charge < -0.3 is 34.6 Å². The molecule has 38 heavy (non-hydrogen) atoms. The Labute approximate surface area is 222 Å². The zero-order valence-electron chi connectivity index (χ0n) is 21.6. The summed E-state index contributed by atoms with van der Waals surface area (Å²) in [6, 6.07) is 14.1. The zero-order chi connectivity index (χ0) is 26.8. The first-order chi connectivity index (χ1) is 18.4. The lowest BCUT2D eigenvalue weighted by molar-refractivity contribution is -0.271. The number of aliphatic carboxylic acids is 1. The van der Waals surface area contributed by atoms with E-state index in [0.29, 0.717) is 30.1 Å². The van der Waals surface area contributed by atoms with Crippen LogP contribution in [-0.4, -0.2) is 81.1 Å². The summed E-state index contributed by atoms with van der Waals surface area (Å²) in [4.78, 5) is 14.2. The van der Waals surface area contributed by atoms with Gasteiger partial charge in [0.15, 0.2) is 17.6 Å². The molecule has 0 radical (unpaired) electrons. The summed E-state index contributed by atoms with van der Waals surface area (Å²) in [6.07, 6.45) is -3.45. The third kappa shape index (κ3) is 5.39. The van der Waals surface area contributed by atoms with Crippen molar-refractivity contribution in [2.45, 2.75) is 82.4 Å². The number of aliphatic hydroxyl groups excluding tert-OH is 3. The van der Waals surface area contributed by atoms with E-state index in [1.807, 2.05) is 36.4 Å². The number of nitrogens with zero attached hydrogens (tertiary/aromatic N) is 1. The van der Waals surface area contributed by atoms with Gasteiger partial charge in [-0.05, 0) is 68.3 Å². The number of ether oxygens (including phenoxy) is 3. The molecule has 206 valence electrons. The molecule has 1 unspecified atom stereocenters. The standard InChI is InChI=1S/C29H37NO8/c1-2-12-30-13-6-9-19-14-20-18(15-21(19)30)10-11-22(36-16-17-7-4-3-5-8-17)26(20)37-29-25(33)23(31)24(32)27(38-29)28(34)35/h3-5,7-8,10-11,19,21,23-25,27,29,31-33H,2,6,9,12-16H2,1H3,(H,34,35)/t19-,21-,23+,24+,25-,27+,29?/m1/s1. The number of carbonyl (C=O) groups is 1. The van der Waals surface area contributed by atoms with E-state index in [0.717, 1.165) is 61.9 Å². The number of fused-ring (bicyclic) bond motifs is 2. The normalized spacial score (nSPS) is 31.2. The number of aliphatic hydroxyl groups is 3. The molecule has 7 atom stereocenters. The third-order valence-electron chi connectivity index (χ3n) is 8.05. The number of benzene rings is 2. The van der Waals surface area contributed by atoms with Gasteiger partial charge in [-0.2, -0.15) is 0 Å². The maximum absolute atomic E-state index is 11.7. The molecule has 0 aromatic heterocycles. The van der Waals surface area contributed by atoms with Gasteiger partial charge in [0.1, 0.15) is 24.9 Å². The van der Waals surface area contributed by atoms with Gasteiger partial charge >= 0.3 is 5.97 Å². The molecule has 2 aliphatic heterocycles. The number of likely N-dealkylation sites (tertiary alicyclic amines) is 1. The van der Waals surface area contributed by atoms with Crippen molar-refractivity contribution in [2.75, 3.05) is 13.1 Å². The molecule has 0 bridgehead atoms. The van der Waals surface area contributed by atoms with E-state index >= 15 is 0 Å². The average molecular weight is 528 g/mol. The summed E-state index contributed by atoms with van der Waals surface area (Å²) in [5.74, 6) is -0.170. The molecule has 0 amide bonds. The van der Waals surface area contributed by atoms with Crippen LogP contribution in [0.5, 0.6) is 11.5 Å². The maximum atomic E-state index is 11.7. The van der Waals surface area contributed by atoms with Crippen molar-refractivity contribution in [1.29, 1.82) is 0 Å². The van der Waals surface area contributed by atoms with Crippen LogP contribution in [0.4, 0.5) is 0 Å². The lowest BCUT2D eigenvalue weighted by Crippen LogP contribution is -2.61. The minimum atomic E-state index is -1.78. The highest BCUT2D eigenvalue weighted by atomic mass is 16.7. The van der Waals surface area contributed by atoms with Gasteiger partial charge in [0.25, 0.3) is 0 Å². The lowest BCUT2D eigenvalue weighted by atomic mass is 9.75. The van der Waals surface area contributed by atoms with Crippen molar-refractivity contribution < 1.29 is 39.4 Å². The summed E-state index contributed by atoms with van der Waals surface area (Å²) in [5, 5.41) is 40.6. The molecule has 2 fully saturated rings. The fourth-order valence-corrected chi connectivity index (χ4v) is 6.10. The molecule has 0 spiro atoms. The van der Waals surface area contributed by atoms with Crippen LogP contribution in [0.1, 0.15) is 42.9 Å². The van der Waals surface area contributed by atoms with Crippen molar-refractivity contribution >= 4 is 5.97 Å². The summed E-state index contributed by atoms with van der Waals surface area (Å²) < 4.78 is 17.8. The Kier molecular flexibility index (Phi) is 8.20. The molecule has 3 aliphatic rings. The molecule has 5 rings (SSSR count). The molecule has 2 heterocycles. The fraction of sp³-hybridized carbons (Fsp3) is 0.552. The monoisotopic (exact) mass is 527 g/mol. The summed E-state index contributed by atoms with van der Waals surface area (Å²) in [6.45, 7) is 4.66. The first kappa shape index (κ1) is 26.9. The molecule has 4 N–H and O–H groups in total. The summed E-state index contributed by atoms with van der Waals surface area (Å²) >= 11 is 0. The van der Waals surface area contributed by atoms with E-state index in [2.05, 4.69) is 17.9 Å². The van der Waals surface area contributed by atoms with Gasteiger partial charge in [0.05, 0.1) is 0 Å². The minimum absolute atomic E-state index is 0.291. The second-order valence-electron chi connectivity index (χ2n) is 10.6. The smallest absolute Gasteiger partial charge is 0.335 e. The van der Waals surface area contributed by atoms with Crippen LogP contribution in [0, 0.1) is 5.92 Å². The van der Waals surface area contributed by atoms with Crippen molar-refractivity contribution in [1.82, 2.24) is 4.90 Å². The minimum Gasteiger partial charge on any atom is -0.485 e. The van der Waals surface area contributed by atoms with Gasteiger partial charge in [-0.3, -0.25) is 4.90 Å². The van der Waals surface area contributed by atoms with Gasteiger partial charge in [0, 0.05) is 11.6 Å². The van der Waals surface area contributed by atoms with E-state index in [4.69, 9.17) is 14.2 Å². The predicted molar refractivity (Wildman–Crippen MR) is 138 cm³/mol. The number of rotatable bonds is 8. The summed E-state index contributed by atoms with van der Waals surface area (Å²) in [5.41, 5.74) is 3.05. The molecule has 2 aromatic rings. The quantitative estimate of drug-likeness (QED) is 0.408. The highest BCUT2D eigenvalue weighted by Gasteiger charge is 2.49. The van der Waals surface area contributed by atoms with Crippen LogP contribution in [0.2, 0.25) is 0 Å². The Bertz CT molecular complexity index is 1110. The van der Waals surface area contributed by atoms with Gasteiger partial charge in [0.2, 0.25) is 6.29 Å². The van der Waals surface area contributed by atoms with Gasteiger partial charge in [-0.25, -0.2) is 4.79 Å². The Hall–Kier alpha value is -2.69. The number of carboxylic acids is 1. The summed E-state index contributed by atoms with van der Waals surface area (Å²) in [7, 11) is 0. The molecule has 9 heteroatoms. The number of hydrogen-bond donors (Lipinski definition) is 4. The first-order valence-corrected chi connectivity index (χ1v) is 13.5. The van der Waals surface area contributed by atoms with Crippen molar-refractivity contribution in [3.8, 4) is 11.5 Å². The Balaban J connectivity index is 1.48. The highest BCUT2D eigenvalue weighted by molar-refractivity contribution is 5.73. The fourth-order valence-electron chi connectivity index (χ4n) is 6.10. The Morgan fingerprint density at radius 1 is 1.05 bits per heavy atom. The van der Waals surface area contributed by atoms with Crippen LogP contribution in [-0.2, 0) is 29.0 Å². The molecule has 9 nitrogen and oxygen atoms in total. The molecule has 0 saturated carbocycles.